The minimum atomic E-state index is -0.0285. The number of nitriles is 1. The summed E-state index contributed by atoms with van der Waals surface area (Å²) in [6, 6.07) is 7.37. The van der Waals surface area contributed by atoms with E-state index >= 15 is 0 Å². The lowest BCUT2D eigenvalue weighted by Crippen LogP contribution is -2.12. The molecule has 2 nitrogen and oxygen atoms in total. The van der Waals surface area contributed by atoms with Gasteiger partial charge in [0.05, 0.1) is 17.7 Å². The van der Waals surface area contributed by atoms with E-state index in [1.165, 1.54) is 0 Å². The second kappa shape index (κ2) is 4.69. The molecule has 0 aliphatic carbocycles. The normalized spacial score (nSPS) is 11.1. The molecule has 1 aromatic rings. The summed E-state index contributed by atoms with van der Waals surface area (Å²) in [4.78, 5) is 0. The van der Waals surface area contributed by atoms with Crippen LogP contribution in [0.4, 0.5) is 5.69 Å². The molecule has 0 heterocycles. The van der Waals surface area contributed by atoms with Crippen molar-refractivity contribution in [2.24, 2.45) is 0 Å². The third-order valence-electron chi connectivity index (χ3n) is 1.72. The van der Waals surface area contributed by atoms with Crippen molar-refractivity contribution in [2.75, 3.05) is 5.32 Å². The summed E-state index contributed by atoms with van der Waals surface area (Å²) in [6.45, 7) is 1.89. The minimum Gasteiger partial charge on any atom is -0.371 e. The smallest absolute Gasteiger partial charge is 0.0992 e. The largest absolute Gasteiger partial charge is 0.371 e. The first kappa shape index (κ1) is 10.6. The highest BCUT2D eigenvalue weighted by Crippen LogP contribution is 2.23. The van der Waals surface area contributed by atoms with Crippen molar-refractivity contribution in [1.82, 2.24) is 0 Å². The summed E-state index contributed by atoms with van der Waals surface area (Å²) in [5.74, 6) is 2.57. The zero-order chi connectivity index (χ0) is 10.6. The van der Waals surface area contributed by atoms with Crippen molar-refractivity contribution in [3.8, 4) is 18.4 Å². The summed E-state index contributed by atoms with van der Waals surface area (Å²) >= 11 is 3.36. The monoisotopic (exact) mass is 248 g/mol. The summed E-state index contributed by atoms with van der Waals surface area (Å²) in [6.07, 6.45) is 5.25. The van der Waals surface area contributed by atoms with Crippen LogP contribution < -0.4 is 5.32 Å². The lowest BCUT2D eigenvalue weighted by atomic mass is 10.2. The third-order valence-corrected chi connectivity index (χ3v) is 2.38. The molecule has 0 fully saturated rings. The third kappa shape index (κ3) is 2.52. The molecule has 0 aromatic heterocycles. The Morgan fingerprint density at radius 1 is 1.57 bits per heavy atom. The van der Waals surface area contributed by atoms with Gasteiger partial charge in [-0.2, -0.15) is 5.26 Å². The number of hydrogen-bond acceptors (Lipinski definition) is 2. The summed E-state index contributed by atoms with van der Waals surface area (Å²) in [5, 5.41) is 11.8. The predicted molar refractivity (Wildman–Crippen MR) is 60.8 cm³/mol. The molecule has 0 aliphatic heterocycles. The van der Waals surface area contributed by atoms with E-state index in [-0.39, 0.29) is 6.04 Å². The van der Waals surface area contributed by atoms with Crippen molar-refractivity contribution in [3.05, 3.63) is 28.2 Å². The van der Waals surface area contributed by atoms with Gasteiger partial charge >= 0.3 is 0 Å². The van der Waals surface area contributed by atoms with Gasteiger partial charge in [-0.05, 0) is 41.1 Å². The molecule has 0 amide bonds. The van der Waals surface area contributed by atoms with Gasteiger partial charge in [-0.25, -0.2) is 0 Å². The molecule has 1 atom stereocenters. The van der Waals surface area contributed by atoms with Crippen LogP contribution in [-0.2, 0) is 0 Å². The highest BCUT2D eigenvalue weighted by molar-refractivity contribution is 9.10. The first-order valence-electron chi connectivity index (χ1n) is 4.09. The van der Waals surface area contributed by atoms with Gasteiger partial charge in [0.2, 0.25) is 0 Å². The van der Waals surface area contributed by atoms with E-state index in [9.17, 15) is 0 Å². The van der Waals surface area contributed by atoms with Gasteiger partial charge in [-0.1, -0.05) is 5.92 Å². The number of hydrogen-bond donors (Lipinski definition) is 1. The van der Waals surface area contributed by atoms with Gasteiger partial charge in [-0.15, -0.1) is 6.42 Å². The molecule has 0 radical (unpaired) electrons. The van der Waals surface area contributed by atoms with Crippen molar-refractivity contribution in [3.63, 3.8) is 0 Å². The quantitative estimate of drug-likeness (QED) is 0.818. The molecular weight excluding hydrogens is 240 g/mol. The Balaban J connectivity index is 2.92. The van der Waals surface area contributed by atoms with E-state index in [4.69, 9.17) is 11.7 Å². The second-order valence-electron chi connectivity index (χ2n) is 2.84. The topological polar surface area (TPSA) is 35.8 Å². The number of rotatable bonds is 2. The van der Waals surface area contributed by atoms with Crippen LogP contribution in [0.1, 0.15) is 12.5 Å². The molecule has 1 rings (SSSR count). The highest BCUT2D eigenvalue weighted by Gasteiger charge is 2.02. The standard InChI is InChI=1S/C11H9BrN2/c1-3-8(2)14-11-5-4-9(7-13)6-10(11)12/h1,4-6,8,14H,2H3. The molecule has 1 N–H and O–H groups in total. The number of terminal acetylenes is 1. The van der Waals surface area contributed by atoms with Crippen molar-refractivity contribution in [1.29, 1.82) is 5.26 Å². The van der Waals surface area contributed by atoms with E-state index in [0.717, 1.165) is 10.2 Å². The average Bonchev–Trinajstić information content (AvgIpc) is 2.20. The van der Waals surface area contributed by atoms with Crippen molar-refractivity contribution >= 4 is 21.6 Å². The zero-order valence-corrected chi connectivity index (χ0v) is 9.30. The van der Waals surface area contributed by atoms with Gasteiger partial charge in [0.1, 0.15) is 0 Å². The number of benzene rings is 1. The fourth-order valence-corrected chi connectivity index (χ4v) is 1.47. The molecular formula is C11H9BrN2. The molecule has 0 aliphatic rings. The summed E-state index contributed by atoms with van der Waals surface area (Å²) < 4.78 is 0.846. The number of halogens is 1. The molecule has 1 unspecified atom stereocenters. The van der Waals surface area contributed by atoms with Gasteiger partial charge in [0.15, 0.2) is 0 Å². The Labute approximate surface area is 92.1 Å². The van der Waals surface area contributed by atoms with Crippen LogP contribution in [0.5, 0.6) is 0 Å². The van der Waals surface area contributed by atoms with E-state index in [2.05, 4.69) is 33.2 Å². The zero-order valence-electron chi connectivity index (χ0n) is 7.71. The van der Waals surface area contributed by atoms with Crippen LogP contribution in [0, 0.1) is 23.7 Å². The molecule has 0 saturated carbocycles. The fraction of sp³-hybridized carbons (Fsp3) is 0.182. The first-order chi connectivity index (χ1) is 6.67. The maximum atomic E-state index is 8.66. The van der Waals surface area contributed by atoms with Crippen molar-refractivity contribution < 1.29 is 0 Å². The first-order valence-corrected chi connectivity index (χ1v) is 4.89. The van der Waals surface area contributed by atoms with Crippen molar-refractivity contribution in [2.45, 2.75) is 13.0 Å². The molecule has 0 saturated heterocycles. The van der Waals surface area contributed by atoms with Crippen LogP contribution in [-0.4, -0.2) is 6.04 Å². The Hall–Kier alpha value is -1.45. The van der Waals surface area contributed by atoms with Crippen LogP contribution in [0.2, 0.25) is 0 Å². The molecule has 1 aromatic carbocycles. The summed E-state index contributed by atoms with van der Waals surface area (Å²) in [5.41, 5.74) is 1.52. The maximum Gasteiger partial charge on any atom is 0.0992 e. The van der Waals surface area contributed by atoms with E-state index in [1.54, 1.807) is 12.1 Å². The molecule has 3 heteroatoms. The number of anilines is 1. The van der Waals surface area contributed by atoms with Crippen LogP contribution >= 0.6 is 15.9 Å². The Morgan fingerprint density at radius 2 is 2.29 bits per heavy atom. The Kier molecular flexibility index (Phi) is 3.56. The van der Waals surface area contributed by atoms with Gasteiger partial charge in [0, 0.05) is 10.2 Å². The van der Waals surface area contributed by atoms with E-state index in [0.29, 0.717) is 5.56 Å². The minimum absolute atomic E-state index is 0.0285. The van der Waals surface area contributed by atoms with Crippen LogP contribution in [0.25, 0.3) is 0 Å². The fourth-order valence-electron chi connectivity index (χ4n) is 0.977. The van der Waals surface area contributed by atoms with Crippen LogP contribution in [0.15, 0.2) is 22.7 Å². The highest BCUT2D eigenvalue weighted by atomic mass is 79.9. The maximum absolute atomic E-state index is 8.66. The molecule has 70 valence electrons. The Morgan fingerprint density at radius 3 is 2.79 bits per heavy atom. The van der Waals surface area contributed by atoms with Gasteiger partial charge in [0.25, 0.3) is 0 Å². The SMILES string of the molecule is C#CC(C)Nc1ccc(C#N)cc1Br. The van der Waals surface area contributed by atoms with E-state index < -0.39 is 0 Å². The Bertz CT molecular complexity index is 412. The van der Waals surface area contributed by atoms with Gasteiger partial charge < -0.3 is 5.32 Å². The lowest BCUT2D eigenvalue weighted by molar-refractivity contribution is 1.03. The molecule has 0 spiro atoms. The van der Waals surface area contributed by atoms with Gasteiger partial charge in [-0.3, -0.25) is 0 Å². The predicted octanol–water partition coefficient (Wildman–Crippen LogP) is 2.75. The molecule has 0 bridgehead atoms. The van der Waals surface area contributed by atoms with E-state index in [1.807, 2.05) is 13.0 Å². The summed E-state index contributed by atoms with van der Waals surface area (Å²) in [7, 11) is 0. The number of nitrogens with one attached hydrogen (secondary N) is 1. The lowest BCUT2D eigenvalue weighted by Gasteiger charge is -2.10. The second-order valence-corrected chi connectivity index (χ2v) is 3.69. The van der Waals surface area contributed by atoms with Crippen LogP contribution in [0.3, 0.4) is 0 Å². The average molecular weight is 249 g/mol. The number of nitrogens with zero attached hydrogens (tertiary/aromatic N) is 1. The molecule has 14 heavy (non-hydrogen) atoms.